The molecule has 6 heteroatoms. The molecule has 1 aliphatic carbocycles. The van der Waals surface area contributed by atoms with Crippen molar-refractivity contribution >= 4 is 28.0 Å². The Morgan fingerprint density at radius 2 is 2.15 bits per heavy atom. The van der Waals surface area contributed by atoms with E-state index in [2.05, 4.69) is 38.3 Å². The van der Waals surface area contributed by atoms with Crippen LogP contribution in [-0.4, -0.2) is 38.6 Å². The molecule has 26 heavy (non-hydrogen) atoms. The summed E-state index contributed by atoms with van der Waals surface area (Å²) in [5, 5.41) is 12.4. The van der Waals surface area contributed by atoms with E-state index in [0.29, 0.717) is 12.5 Å². The molecule has 2 fully saturated rings. The van der Waals surface area contributed by atoms with E-state index in [1.165, 1.54) is 19.3 Å². The minimum Gasteiger partial charge on any atom is -0.339 e. The summed E-state index contributed by atoms with van der Waals surface area (Å²) in [4.78, 5) is 19.3. The molecular weight excluding hydrogens is 344 g/mol. The van der Waals surface area contributed by atoms with Crippen molar-refractivity contribution in [2.75, 3.05) is 6.54 Å². The van der Waals surface area contributed by atoms with Crippen LogP contribution in [0.5, 0.6) is 0 Å². The summed E-state index contributed by atoms with van der Waals surface area (Å²) in [5.74, 6) is 0.950. The normalized spacial score (nSPS) is 21.7. The first-order valence-electron chi connectivity index (χ1n) is 9.14. The highest BCUT2D eigenvalue weighted by Gasteiger charge is 2.39. The number of aryl methyl sites for hydroxylation is 1. The Labute approximate surface area is 156 Å². The van der Waals surface area contributed by atoms with Gasteiger partial charge in [-0.25, -0.2) is 0 Å². The Hall–Kier alpha value is -2.34. The van der Waals surface area contributed by atoms with Gasteiger partial charge in [0, 0.05) is 29.7 Å². The standard InChI is InChI=1S/C20H20N4OS/c1-12-22-23-20(26-12)14-3-4-15-10-21-17(8-16(15)7-14)9-19(25)24-11-13-2-5-18(24)6-13/h3-4,7-8,10,13,18H,2,5-6,9,11H2,1H3/t13-,18+/m1/s1. The predicted molar refractivity (Wildman–Crippen MR) is 102 cm³/mol. The number of fused-ring (bicyclic) bond motifs is 3. The number of carbonyl (C=O) groups excluding carboxylic acids is 1. The zero-order valence-corrected chi connectivity index (χ0v) is 15.5. The van der Waals surface area contributed by atoms with Crippen LogP contribution in [0.1, 0.15) is 30.0 Å². The average molecular weight is 364 g/mol. The van der Waals surface area contributed by atoms with Crippen LogP contribution in [0.3, 0.4) is 0 Å². The van der Waals surface area contributed by atoms with E-state index in [0.717, 1.165) is 44.5 Å². The molecule has 0 spiro atoms. The van der Waals surface area contributed by atoms with Gasteiger partial charge < -0.3 is 4.90 Å². The van der Waals surface area contributed by atoms with E-state index < -0.39 is 0 Å². The zero-order valence-electron chi connectivity index (χ0n) is 14.7. The smallest absolute Gasteiger partial charge is 0.228 e. The van der Waals surface area contributed by atoms with Gasteiger partial charge in [0.1, 0.15) is 10.0 Å². The molecule has 0 radical (unpaired) electrons. The van der Waals surface area contributed by atoms with E-state index >= 15 is 0 Å². The van der Waals surface area contributed by atoms with Gasteiger partial charge in [0.2, 0.25) is 5.91 Å². The monoisotopic (exact) mass is 364 g/mol. The molecule has 2 atom stereocenters. The second-order valence-electron chi connectivity index (χ2n) is 7.42. The number of piperidine rings is 1. The van der Waals surface area contributed by atoms with Gasteiger partial charge >= 0.3 is 0 Å². The van der Waals surface area contributed by atoms with Gasteiger partial charge in [0.15, 0.2) is 0 Å². The molecule has 3 heterocycles. The Balaban J connectivity index is 1.40. The second kappa shape index (κ2) is 6.13. The summed E-state index contributed by atoms with van der Waals surface area (Å²) in [6, 6.07) is 8.73. The van der Waals surface area contributed by atoms with Gasteiger partial charge in [-0.05, 0) is 49.6 Å². The third-order valence-electron chi connectivity index (χ3n) is 5.61. The fourth-order valence-electron chi connectivity index (χ4n) is 4.32. The molecule has 5 rings (SSSR count). The molecule has 3 aromatic rings. The number of carbonyl (C=O) groups is 1. The van der Waals surface area contributed by atoms with E-state index in [1.54, 1.807) is 11.3 Å². The lowest BCUT2D eigenvalue weighted by molar-refractivity contribution is -0.132. The molecule has 0 N–H and O–H groups in total. The van der Waals surface area contributed by atoms with E-state index in [-0.39, 0.29) is 5.91 Å². The lowest BCUT2D eigenvalue weighted by Gasteiger charge is -2.26. The molecule has 2 bridgehead atoms. The van der Waals surface area contributed by atoms with Crippen molar-refractivity contribution in [3.05, 3.63) is 41.2 Å². The first-order chi connectivity index (χ1) is 12.7. The van der Waals surface area contributed by atoms with Crippen LogP contribution in [0.2, 0.25) is 0 Å². The van der Waals surface area contributed by atoms with Crippen LogP contribution >= 0.6 is 11.3 Å². The number of pyridine rings is 1. The van der Waals surface area contributed by atoms with Gasteiger partial charge in [-0.2, -0.15) is 0 Å². The number of nitrogens with zero attached hydrogens (tertiary/aromatic N) is 4. The van der Waals surface area contributed by atoms with Crippen molar-refractivity contribution in [3.63, 3.8) is 0 Å². The Bertz CT molecular complexity index is 998. The van der Waals surface area contributed by atoms with Crippen LogP contribution in [-0.2, 0) is 11.2 Å². The summed E-state index contributed by atoms with van der Waals surface area (Å²) in [6.45, 7) is 2.90. The zero-order chi connectivity index (χ0) is 17.7. The third-order valence-corrected chi connectivity index (χ3v) is 6.50. The molecule has 2 aliphatic rings. The van der Waals surface area contributed by atoms with Crippen LogP contribution in [0.4, 0.5) is 0 Å². The summed E-state index contributed by atoms with van der Waals surface area (Å²) in [5.41, 5.74) is 1.90. The molecule has 132 valence electrons. The minimum absolute atomic E-state index is 0.222. The van der Waals surface area contributed by atoms with E-state index in [9.17, 15) is 4.79 Å². The lowest BCUT2D eigenvalue weighted by atomic mass is 10.1. The van der Waals surface area contributed by atoms with Gasteiger partial charge in [-0.15, -0.1) is 10.2 Å². The number of likely N-dealkylation sites (tertiary alicyclic amines) is 1. The number of aromatic nitrogens is 3. The maximum Gasteiger partial charge on any atom is 0.228 e. The highest BCUT2D eigenvalue weighted by atomic mass is 32.1. The van der Waals surface area contributed by atoms with Gasteiger partial charge in [0.25, 0.3) is 0 Å². The first kappa shape index (κ1) is 15.9. The van der Waals surface area contributed by atoms with Gasteiger partial charge in [-0.1, -0.05) is 23.5 Å². The van der Waals surface area contributed by atoms with E-state index in [4.69, 9.17) is 0 Å². The lowest BCUT2D eigenvalue weighted by Crippen LogP contribution is -2.38. The third kappa shape index (κ3) is 2.78. The first-order valence-corrected chi connectivity index (χ1v) is 9.96. The number of rotatable bonds is 3. The van der Waals surface area contributed by atoms with Gasteiger partial charge in [0.05, 0.1) is 12.1 Å². The molecule has 1 saturated carbocycles. The van der Waals surface area contributed by atoms with Crippen LogP contribution in [0, 0.1) is 12.8 Å². The average Bonchev–Trinajstić information content (AvgIpc) is 3.38. The van der Waals surface area contributed by atoms with Crippen LogP contribution in [0.25, 0.3) is 21.3 Å². The topological polar surface area (TPSA) is 59.0 Å². The van der Waals surface area contributed by atoms with Crippen molar-refractivity contribution in [1.29, 1.82) is 0 Å². The SMILES string of the molecule is Cc1nnc(-c2ccc3cnc(CC(=O)N4C[C@@H]5CC[C@H]4C5)cc3c2)s1. The Morgan fingerprint density at radius 3 is 2.88 bits per heavy atom. The molecule has 0 unspecified atom stereocenters. The summed E-state index contributed by atoms with van der Waals surface area (Å²) in [6.07, 6.45) is 5.91. The number of hydrogen-bond donors (Lipinski definition) is 0. The van der Waals surface area contributed by atoms with Crippen molar-refractivity contribution in [2.24, 2.45) is 5.92 Å². The van der Waals surface area contributed by atoms with E-state index in [1.807, 2.05) is 19.2 Å². The number of benzene rings is 1. The number of amides is 1. The molecule has 1 aromatic carbocycles. The summed E-state index contributed by atoms with van der Waals surface area (Å²) >= 11 is 1.59. The van der Waals surface area contributed by atoms with Crippen molar-refractivity contribution in [1.82, 2.24) is 20.1 Å². The van der Waals surface area contributed by atoms with Crippen molar-refractivity contribution in [2.45, 2.75) is 38.6 Å². The molecule has 1 amide bonds. The highest BCUT2D eigenvalue weighted by Crippen LogP contribution is 2.37. The Kier molecular flexibility index (Phi) is 3.74. The van der Waals surface area contributed by atoms with Crippen molar-refractivity contribution < 1.29 is 4.79 Å². The molecule has 1 saturated heterocycles. The quantitative estimate of drug-likeness (QED) is 0.712. The fourth-order valence-corrected chi connectivity index (χ4v) is 5.00. The second-order valence-corrected chi connectivity index (χ2v) is 8.60. The van der Waals surface area contributed by atoms with Crippen LogP contribution in [0.15, 0.2) is 30.5 Å². The largest absolute Gasteiger partial charge is 0.339 e. The summed E-state index contributed by atoms with van der Waals surface area (Å²) < 4.78 is 0. The van der Waals surface area contributed by atoms with Gasteiger partial charge in [-0.3, -0.25) is 9.78 Å². The maximum atomic E-state index is 12.7. The van der Waals surface area contributed by atoms with Crippen LogP contribution < -0.4 is 0 Å². The minimum atomic E-state index is 0.222. The maximum absolute atomic E-state index is 12.7. The predicted octanol–water partition coefficient (Wildman–Crippen LogP) is 3.62. The van der Waals surface area contributed by atoms with Crippen molar-refractivity contribution in [3.8, 4) is 10.6 Å². The fraction of sp³-hybridized carbons (Fsp3) is 0.400. The molecule has 5 nitrogen and oxygen atoms in total. The molecule has 2 aromatic heterocycles. The molecule has 1 aliphatic heterocycles. The summed E-state index contributed by atoms with van der Waals surface area (Å²) in [7, 11) is 0. The molecular formula is C20H20N4OS. The number of hydrogen-bond acceptors (Lipinski definition) is 5. The highest BCUT2D eigenvalue weighted by molar-refractivity contribution is 7.14. The Morgan fingerprint density at radius 1 is 1.23 bits per heavy atom.